The first-order valence-electron chi connectivity index (χ1n) is 7.06. The van der Waals surface area contributed by atoms with E-state index in [0.29, 0.717) is 18.9 Å². The monoisotopic (exact) mass is 274 g/mol. The number of carbonyl (C=O) groups excluding carboxylic acids is 2. The molecule has 1 N–H and O–H groups in total. The van der Waals surface area contributed by atoms with Crippen molar-refractivity contribution in [3.05, 3.63) is 34.9 Å². The molecule has 1 heterocycles. The average Bonchev–Trinajstić information content (AvgIpc) is 2.55. The van der Waals surface area contributed by atoms with Gasteiger partial charge in [0.2, 0.25) is 0 Å². The molecule has 108 valence electrons. The van der Waals surface area contributed by atoms with E-state index < -0.39 is 0 Å². The predicted molar refractivity (Wildman–Crippen MR) is 78.2 cm³/mol. The lowest BCUT2D eigenvalue weighted by atomic mass is 10.0. The molecule has 2 rings (SSSR count). The van der Waals surface area contributed by atoms with Gasteiger partial charge in [-0.1, -0.05) is 43.2 Å². The van der Waals surface area contributed by atoms with Gasteiger partial charge in [0.25, 0.3) is 5.91 Å². The fraction of sp³-hybridized carbons (Fsp3) is 0.500. The number of nitrogens with one attached hydrogen (secondary N) is 1. The number of carbonyl (C=O) groups is 2. The van der Waals surface area contributed by atoms with Crippen LogP contribution in [-0.4, -0.2) is 22.9 Å². The minimum Gasteiger partial charge on any atom is -0.326 e. The largest absolute Gasteiger partial charge is 0.326 e. The van der Waals surface area contributed by atoms with Gasteiger partial charge in [-0.05, 0) is 31.7 Å². The fourth-order valence-electron chi connectivity index (χ4n) is 2.70. The molecule has 1 fully saturated rings. The average molecular weight is 274 g/mol. The second kappa shape index (κ2) is 5.65. The van der Waals surface area contributed by atoms with Gasteiger partial charge in [0.1, 0.15) is 6.04 Å². The van der Waals surface area contributed by atoms with Crippen LogP contribution in [0.25, 0.3) is 0 Å². The van der Waals surface area contributed by atoms with Crippen LogP contribution in [0.3, 0.4) is 0 Å². The maximum absolute atomic E-state index is 12.3. The van der Waals surface area contributed by atoms with Gasteiger partial charge in [0, 0.05) is 0 Å². The quantitative estimate of drug-likeness (QED) is 0.858. The molecule has 1 atom stereocenters. The highest BCUT2D eigenvalue weighted by molar-refractivity contribution is 6.04. The number of hydrogen-bond donors (Lipinski definition) is 1. The molecule has 0 radical (unpaired) electrons. The van der Waals surface area contributed by atoms with Crippen molar-refractivity contribution in [1.82, 2.24) is 10.2 Å². The van der Waals surface area contributed by atoms with Crippen LogP contribution in [0.15, 0.2) is 18.2 Å². The number of hydrogen-bond acceptors (Lipinski definition) is 2. The number of nitrogens with zero attached hydrogens (tertiary/aromatic N) is 1. The van der Waals surface area contributed by atoms with Crippen LogP contribution in [-0.2, 0) is 11.3 Å². The second-order valence-corrected chi connectivity index (χ2v) is 6.05. The second-order valence-electron chi connectivity index (χ2n) is 6.05. The highest BCUT2D eigenvalue weighted by Crippen LogP contribution is 2.18. The Labute approximate surface area is 120 Å². The number of urea groups is 1. The molecule has 1 unspecified atom stereocenters. The van der Waals surface area contributed by atoms with E-state index in [1.165, 1.54) is 4.90 Å². The first kappa shape index (κ1) is 14.6. The van der Waals surface area contributed by atoms with Crippen LogP contribution in [0.2, 0.25) is 0 Å². The molecule has 1 saturated heterocycles. The Morgan fingerprint density at radius 2 is 1.75 bits per heavy atom. The van der Waals surface area contributed by atoms with E-state index >= 15 is 0 Å². The summed E-state index contributed by atoms with van der Waals surface area (Å²) in [6.45, 7) is 8.48. The van der Waals surface area contributed by atoms with E-state index in [2.05, 4.69) is 11.4 Å². The molecule has 0 bridgehead atoms. The molecular formula is C16H22N2O2. The molecule has 0 saturated carbocycles. The number of imide groups is 1. The molecule has 4 nitrogen and oxygen atoms in total. The van der Waals surface area contributed by atoms with Crippen molar-refractivity contribution in [2.24, 2.45) is 5.92 Å². The molecule has 20 heavy (non-hydrogen) atoms. The predicted octanol–water partition coefficient (Wildman–Crippen LogP) is 2.77. The van der Waals surface area contributed by atoms with Crippen LogP contribution in [0.1, 0.15) is 37.0 Å². The topological polar surface area (TPSA) is 49.4 Å². The first-order valence-corrected chi connectivity index (χ1v) is 7.06. The van der Waals surface area contributed by atoms with Crippen molar-refractivity contribution < 1.29 is 9.59 Å². The molecular weight excluding hydrogens is 252 g/mol. The highest BCUT2D eigenvalue weighted by Gasteiger charge is 2.37. The van der Waals surface area contributed by atoms with Crippen LogP contribution < -0.4 is 5.32 Å². The lowest BCUT2D eigenvalue weighted by molar-refractivity contribution is -0.128. The van der Waals surface area contributed by atoms with Crippen LogP contribution in [0.5, 0.6) is 0 Å². The van der Waals surface area contributed by atoms with E-state index in [-0.39, 0.29) is 18.0 Å². The zero-order valence-corrected chi connectivity index (χ0v) is 12.6. The Balaban J connectivity index is 2.13. The minimum absolute atomic E-state index is 0.108. The third-order valence-corrected chi connectivity index (χ3v) is 3.44. The Kier molecular flexibility index (Phi) is 4.12. The zero-order valence-electron chi connectivity index (χ0n) is 12.6. The van der Waals surface area contributed by atoms with E-state index in [0.717, 1.165) is 16.7 Å². The first-order chi connectivity index (χ1) is 9.36. The number of amides is 3. The van der Waals surface area contributed by atoms with Gasteiger partial charge in [-0.15, -0.1) is 0 Å². The summed E-state index contributed by atoms with van der Waals surface area (Å²) >= 11 is 0. The van der Waals surface area contributed by atoms with E-state index in [4.69, 9.17) is 0 Å². The molecule has 0 aromatic heterocycles. The van der Waals surface area contributed by atoms with Gasteiger partial charge in [-0.3, -0.25) is 9.69 Å². The Bertz CT molecular complexity index is 517. The molecule has 0 spiro atoms. The Morgan fingerprint density at radius 3 is 2.30 bits per heavy atom. The van der Waals surface area contributed by atoms with Crippen LogP contribution in [0, 0.1) is 19.8 Å². The molecule has 3 amide bonds. The highest BCUT2D eigenvalue weighted by atomic mass is 16.2. The number of aryl methyl sites for hydroxylation is 2. The SMILES string of the molecule is Cc1cc(C)cc(CN2C(=O)NC(CC(C)C)C2=O)c1. The van der Waals surface area contributed by atoms with Crippen molar-refractivity contribution in [2.75, 3.05) is 0 Å². The fourth-order valence-corrected chi connectivity index (χ4v) is 2.70. The smallest absolute Gasteiger partial charge is 0.325 e. The summed E-state index contributed by atoms with van der Waals surface area (Å²) in [6, 6.07) is 5.47. The minimum atomic E-state index is -0.367. The van der Waals surface area contributed by atoms with Crippen molar-refractivity contribution in [3.8, 4) is 0 Å². The lowest BCUT2D eigenvalue weighted by Gasteiger charge is -2.14. The van der Waals surface area contributed by atoms with Crippen molar-refractivity contribution in [3.63, 3.8) is 0 Å². The summed E-state index contributed by atoms with van der Waals surface area (Å²) in [5, 5.41) is 2.77. The van der Waals surface area contributed by atoms with E-state index in [1.54, 1.807) is 0 Å². The van der Waals surface area contributed by atoms with Gasteiger partial charge < -0.3 is 5.32 Å². The maximum Gasteiger partial charge on any atom is 0.325 e. The van der Waals surface area contributed by atoms with Crippen molar-refractivity contribution >= 4 is 11.9 Å². The lowest BCUT2D eigenvalue weighted by Crippen LogP contribution is -2.31. The number of rotatable bonds is 4. The van der Waals surface area contributed by atoms with E-state index in [1.807, 2.05) is 39.8 Å². The van der Waals surface area contributed by atoms with Crippen molar-refractivity contribution in [1.29, 1.82) is 0 Å². The standard InChI is InChI=1S/C16H22N2O2/c1-10(2)5-14-15(19)18(16(20)17-14)9-13-7-11(3)6-12(4)8-13/h6-8,10,14H,5,9H2,1-4H3,(H,17,20). The Hall–Kier alpha value is -1.84. The molecule has 1 aliphatic rings. The van der Waals surface area contributed by atoms with Gasteiger partial charge in [0.05, 0.1) is 6.54 Å². The van der Waals surface area contributed by atoms with Gasteiger partial charge in [0.15, 0.2) is 0 Å². The number of benzene rings is 1. The third kappa shape index (κ3) is 3.18. The Morgan fingerprint density at radius 1 is 1.15 bits per heavy atom. The summed E-state index contributed by atoms with van der Waals surface area (Å²) in [5.41, 5.74) is 3.28. The molecule has 1 aromatic rings. The summed E-state index contributed by atoms with van der Waals surface area (Å²) in [6.07, 6.45) is 0.688. The zero-order chi connectivity index (χ0) is 14.9. The summed E-state index contributed by atoms with van der Waals surface area (Å²) in [5.74, 6) is 0.272. The van der Waals surface area contributed by atoms with Gasteiger partial charge >= 0.3 is 6.03 Å². The molecule has 0 aliphatic carbocycles. The molecule has 4 heteroatoms. The normalized spacial score (nSPS) is 18.9. The van der Waals surface area contributed by atoms with Crippen molar-refractivity contribution in [2.45, 2.75) is 46.7 Å². The van der Waals surface area contributed by atoms with E-state index in [9.17, 15) is 9.59 Å². The maximum atomic E-state index is 12.3. The molecule has 1 aromatic carbocycles. The third-order valence-electron chi connectivity index (χ3n) is 3.44. The summed E-state index contributed by atoms with van der Waals surface area (Å²) < 4.78 is 0. The van der Waals surface area contributed by atoms with Gasteiger partial charge in [-0.2, -0.15) is 0 Å². The summed E-state index contributed by atoms with van der Waals surface area (Å²) in [4.78, 5) is 25.5. The van der Waals surface area contributed by atoms with Crippen LogP contribution >= 0.6 is 0 Å². The molecule has 1 aliphatic heterocycles. The van der Waals surface area contributed by atoms with Crippen LogP contribution in [0.4, 0.5) is 4.79 Å². The summed E-state index contributed by atoms with van der Waals surface area (Å²) in [7, 11) is 0. The van der Waals surface area contributed by atoms with Gasteiger partial charge in [-0.25, -0.2) is 4.79 Å².